The predicted molar refractivity (Wildman–Crippen MR) is 93.2 cm³/mol. The number of thioether (sulfide) groups is 1. The number of rotatable bonds is 8. The molecule has 0 bridgehead atoms. The maximum Gasteiger partial charge on any atom is 0.209 e. The minimum absolute atomic E-state index is 0.0723. The van der Waals surface area contributed by atoms with Gasteiger partial charge in [0.15, 0.2) is 5.78 Å². The third-order valence-corrected chi connectivity index (χ3v) is 4.37. The van der Waals surface area contributed by atoms with Crippen LogP contribution in [0, 0.1) is 0 Å². The highest BCUT2D eigenvalue weighted by Crippen LogP contribution is 2.26. The molecule has 1 heterocycles. The van der Waals surface area contributed by atoms with E-state index in [1.54, 1.807) is 25.3 Å². The average molecular weight is 347 g/mol. The van der Waals surface area contributed by atoms with Crippen molar-refractivity contribution in [2.24, 2.45) is 0 Å². The monoisotopic (exact) mass is 347 g/mol. The lowest BCUT2D eigenvalue weighted by atomic mass is 10.1. The summed E-state index contributed by atoms with van der Waals surface area (Å²) >= 11 is 1.27. The molecule has 0 unspecified atom stereocenters. The minimum Gasteiger partial charge on any atom is -0.497 e. The van der Waals surface area contributed by atoms with Crippen LogP contribution in [0.4, 0.5) is 0 Å². The van der Waals surface area contributed by atoms with Crippen molar-refractivity contribution in [2.45, 2.75) is 31.8 Å². The second-order valence-corrected chi connectivity index (χ2v) is 5.92. The number of ketones is 1. The number of Topliss-reactive ketones (excluding diaryl/α,β-unsaturated/α-hetero) is 1. The summed E-state index contributed by atoms with van der Waals surface area (Å²) in [6, 6.07) is 5.16. The molecule has 0 spiro atoms. The van der Waals surface area contributed by atoms with Crippen molar-refractivity contribution in [3.63, 3.8) is 0 Å². The summed E-state index contributed by atoms with van der Waals surface area (Å²) in [5.41, 5.74) is 2.32. The molecular formula is C17H21N3O3S. The van der Waals surface area contributed by atoms with Crippen LogP contribution in [0.1, 0.15) is 35.6 Å². The first kappa shape index (κ1) is 18.2. The molecule has 7 heteroatoms. The van der Waals surface area contributed by atoms with E-state index in [0.29, 0.717) is 22.2 Å². The van der Waals surface area contributed by atoms with Crippen LogP contribution < -0.4 is 9.47 Å². The lowest BCUT2D eigenvalue weighted by Gasteiger charge is -2.09. The zero-order valence-corrected chi connectivity index (χ0v) is 15.1. The Hall–Kier alpha value is -2.15. The van der Waals surface area contributed by atoms with Crippen molar-refractivity contribution in [1.82, 2.24) is 15.2 Å². The number of carbonyl (C=O) groups is 1. The lowest BCUT2D eigenvalue weighted by Crippen LogP contribution is -2.08. The number of aromatic nitrogens is 3. The fraction of sp³-hybridized carbons (Fsp3) is 0.412. The molecule has 6 nitrogen and oxygen atoms in total. The van der Waals surface area contributed by atoms with Gasteiger partial charge in [-0.1, -0.05) is 25.6 Å². The van der Waals surface area contributed by atoms with Crippen LogP contribution in [0.15, 0.2) is 23.4 Å². The molecule has 128 valence electrons. The number of methoxy groups -OCH3 is 2. The number of aryl methyl sites for hydroxylation is 2. The molecule has 2 rings (SSSR count). The van der Waals surface area contributed by atoms with Crippen molar-refractivity contribution in [2.75, 3.05) is 20.0 Å². The van der Waals surface area contributed by atoms with Gasteiger partial charge in [0.1, 0.15) is 11.5 Å². The Morgan fingerprint density at radius 1 is 1.08 bits per heavy atom. The van der Waals surface area contributed by atoms with Gasteiger partial charge < -0.3 is 9.47 Å². The van der Waals surface area contributed by atoms with Crippen LogP contribution in [-0.4, -0.2) is 40.9 Å². The summed E-state index contributed by atoms with van der Waals surface area (Å²) in [4.78, 5) is 17.0. The Balaban J connectivity index is 2.13. The molecule has 1 aromatic heterocycles. The molecule has 2 aromatic rings. The van der Waals surface area contributed by atoms with E-state index >= 15 is 0 Å². The van der Waals surface area contributed by atoms with Gasteiger partial charge in [-0.05, 0) is 31.0 Å². The summed E-state index contributed by atoms with van der Waals surface area (Å²) in [6.07, 6.45) is 1.60. The van der Waals surface area contributed by atoms with Gasteiger partial charge in [0.25, 0.3) is 0 Å². The third-order valence-electron chi connectivity index (χ3n) is 3.53. The van der Waals surface area contributed by atoms with Gasteiger partial charge in [-0.2, -0.15) is 5.10 Å². The van der Waals surface area contributed by atoms with Crippen molar-refractivity contribution < 1.29 is 14.3 Å². The first-order chi connectivity index (χ1) is 11.6. The molecule has 0 saturated carbocycles. The van der Waals surface area contributed by atoms with Crippen molar-refractivity contribution in [3.8, 4) is 11.5 Å². The van der Waals surface area contributed by atoms with E-state index in [1.165, 1.54) is 18.9 Å². The van der Waals surface area contributed by atoms with E-state index < -0.39 is 0 Å². The van der Waals surface area contributed by atoms with E-state index in [9.17, 15) is 4.79 Å². The molecule has 0 atom stereocenters. The Morgan fingerprint density at radius 3 is 2.46 bits per heavy atom. The van der Waals surface area contributed by atoms with Gasteiger partial charge in [0, 0.05) is 0 Å². The molecule has 0 radical (unpaired) electrons. The summed E-state index contributed by atoms with van der Waals surface area (Å²) in [5, 5.41) is 8.80. The molecule has 0 N–H and O–H groups in total. The van der Waals surface area contributed by atoms with Gasteiger partial charge in [-0.25, -0.2) is 4.98 Å². The van der Waals surface area contributed by atoms with Gasteiger partial charge in [-0.15, -0.1) is 5.10 Å². The SMILES string of the molecule is CCc1nnc(SCC(=O)c2cc(OC)ccc2OC)nc1CC. The Kier molecular flexibility index (Phi) is 6.54. The standard InChI is InChI=1S/C17H21N3O3S/c1-5-13-14(6-2)19-20-17(18-13)24-10-15(21)12-9-11(22-3)7-8-16(12)23-4/h7-9H,5-6,10H2,1-4H3. The first-order valence-electron chi connectivity index (χ1n) is 7.73. The molecule has 0 amide bonds. The maximum atomic E-state index is 12.5. The number of hydrogen-bond acceptors (Lipinski definition) is 7. The molecule has 24 heavy (non-hydrogen) atoms. The second kappa shape index (κ2) is 8.63. The number of hydrogen-bond donors (Lipinski definition) is 0. The van der Waals surface area contributed by atoms with Gasteiger partial charge in [-0.3, -0.25) is 4.79 Å². The zero-order valence-electron chi connectivity index (χ0n) is 14.3. The normalized spacial score (nSPS) is 10.5. The van der Waals surface area contributed by atoms with Crippen LogP contribution in [0.2, 0.25) is 0 Å². The van der Waals surface area contributed by atoms with E-state index in [4.69, 9.17) is 9.47 Å². The van der Waals surface area contributed by atoms with Crippen molar-refractivity contribution in [3.05, 3.63) is 35.2 Å². The topological polar surface area (TPSA) is 74.2 Å². The van der Waals surface area contributed by atoms with Crippen LogP contribution >= 0.6 is 11.8 Å². The molecule has 1 aromatic carbocycles. The van der Waals surface area contributed by atoms with Crippen LogP contribution in [0.3, 0.4) is 0 Å². The van der Waals surface area contributed by atoms with E-state index in [-0.39, 0.29) is 11.5 Å². The van der Waals surface area contributed by atoms with Crippen molar-refractivity contribution >= 4 is 17.5 Å². The highest BCUT2D eigenvalue weighted by Gasteiger charge is 2.15. The first-order valence-corrected chi connectivity index (χ1v) is 8.71. The zero-order chi connectivity index (χ0) is 17.5. The fourth-order valence-electron chi connectivity index (χ4n) is 2.22. The molecule has 0 fully saturated rings. The Bertz CT molecular complexity index is 722. The summed E-state index contributed by atoms with van der Waals surface area (Å²) in [6.45, 7) is 4.06. The third kappa shape index (κ3) is 4.23. The molecule has 0 aliphatic rings. The number of benzene rings is 1. The Labute approximate surface area is 146 Å². The minimum atomic E-state index is -0.0723. The predicted octanol–water partition coefficient (Wildman–Crippen LogP) is 2.99. The van der Waals surface area contributed by atoms with Gasteiger partial charge in [0.2, 0.25) is 5.16 Å². The highest BCUT2D eigenvalue weighted by atomic mass is 32.2. The number of nitrogens with zero attached hydrogens (tertiary/aromatic N) is 3. The van der Waals surface area contributed by atoms with Gasteiger partial charge in [0.05, 0.1) is 36.9 Å². The second-order valence-electron chi connectivity index (χ2n) is 4.97. The lowest BCUT2D eigenvalue weighted by molar-refractivity contribution is 0.101. The van der Waals surface area contributed by atoms with E-state index in [2.05, 4.69) is 15.2 Å². The average Bonchev–Trinajstić information content (AvgIpc) is 2.65. The van der Waals surface area contributed by atoms with Crippen LogP contribution in [-0.2, 0) is 12.8 Å². The van der Waals surface area contributed by atoms with Crippen molar-refractivity contribution in [1.29, 1.82) is 0 Å². The van der Waals surface area contributed by atoms with Gasteiger partial charge >= 0.3 is 0 Å². The fourth-order valence-corrected chi connectivity index (χ4v) is 2.91. The highest BCUT2D eigenvalue weighted by molar-refractivity contribution is 7.99. The largest absolute Gasteiger partial charge is 0.497 e. The summed E-state index contributed by atoms with van der Waals surface area (Å²) < 4.78 is 10.4. The van der Waals surface area contributed by atoms with E-state index in [1.807, 2.05) is 13.8 Å². The van der Waals surface area contributed by atoms with E-state index in [0.717, 1.165) is 24.2 Å². The summed E-state index contributed by atoms with van der Waals surface area (Å²) in [5.74, 6) is 1.27. The quantitative estimate of drug-likeness (QED) is 0.537. The molecule has 0 saturated heterocycles. The van der Waals surface area contributed by atoms with Crippen LogP contribution in [0.5, 0.6) is 11.5 Å². The Morgan fingerprint density at radius 2 is 1.83 bits per heavy atom. The maximum absolute atomic E-state index is 12.5. The molecule has 0 aliphatic heterocycles. The summed E-state index contributed by atoms with van der Waals surface area (Å²) in [7, 11) is 3.10. The number of carbonyl (C=O) groups excluding carboxylic acids is 1. The molecule has 0 aliphatic carbocycles. The smallest absolute Gasteiger partial charge is 0.209 e. The van der Waals surface area contributed by atoms with Crippen LogP contribution in [0.25, 0.3) is 0 Å². The number of ether oxygens (including phenoxy) is 2. The molecular weight excluding hydrogens is 326 g/mol.